The van der Waals surface area contributed by atoms with Gasteiger partial charge in [0, 0.05) is 30.3 Å². The molecule has 0 bridgehead atoms. The van der Waals surface area contributed by atoms with Crippen molar-refractivity contribution in [1.82, 2.24) is 19.8 Å². The van der Waals surface area contributed by atoms with Gasteiger partial charge >= 0.3 is 11.9 Å². The molecule has 1 aromatic heterocycles. The van der Waals surface area contributed by atoms with Crippen LogP contribution in [0, 0.1) is 73.9 Å². The molecule has 2 aromatic rings. The van der Waals surface area contributed by atoms with Crippen LogP contribution < -0.4 is 5.32 Å². The Labute approximate surface area is 378 Å². The summed E-state index contributed by atoms with van der Waals surface area (Å²) in [6.45, 7) is 25.0. The Bertz CT molecular complexity index is 2150. The SMILES string of the molecule is C=C(C)[C@@H]1CC[C@]2(C(=O)NC3(c4nc(-c5ccccc5)cn4CCN(C)C)CC3)CC[C@]3(C)[C@H](CC[C@@H]4[C@@]5(C)CC[C@H](OC(=O)[C@H]6C[C@@H](C(=O)O)C6(C)C)C(C)(C)[C@@H]5CC[C@]43C)[C@@H]12. The summed E-state index contributed by atoms with van der Waals surface area (Å²) in [4.78, 5) is 48.6. The first-order valence-electron chi connectivity index (χ1n) is 24.7. The quantitative estimate of drug-likeness (QED) is 0.171. The number of ether oxygens (including phenoxy) is 1. The molecule has 0 aliphatic heterocycles. The van der Waals surface area contributed by atoms with E-state index < -0.39 is 28.3 Å². The summed E-state index contributed by atoms with van der Waals surface area (Å²) in [7, 11) is 4.22. The van der Waals surface area contributed by atoms with Gasteiger partial charge in [0.25, 0.3) is 0 Å². The van der Waals surface area contributed by atoms with Crippen LogP contribution in [0.15, 0.2) is 48.7 Å². The number of imidazole rings is 1. The van der Waals surface area contributed by atoms with Crippen LogP contribution in [0.2, 0.25) is 0 Å². The molecule has 9 heteroatoms. The highest BCUT2D eigenvalue weighted by Gasteiger charge is 2.73. The molecule has 0 spiro atoms. The zero-order valence-electron chi connectivity index (χ0n) is 40.3. The summed E-state index contributed by atoms with van der Waals surface area (Å²) >= 11 is 0. The van der Waals surface area contributed by atoms with Gasteiger partial charge < -0.3 is 24.6 Å². The molecule has 63 heavy (non-hydrogen) atoms. The summed E-state index contributed by atoms with van der Waals surface area (Å²) in [6.07, 6.45) is 14.6. The number of aliphatic carboxylic acids is 1. The van der Waals surface area contributed by atoms with Crippen LogP contribution in [0.4, 0.5) is 0 Å². The van der Waals surface area contributed by atoms with E-state index >= 15 is 4.79 Å². The molecule has 0 saturated heterocycles. The van der Waals surface area contributed by atoms with E-state index in [1.165, 1.54) is 12.0 Å². The predicted molar refractivity (Wildman–Crippen MR) is 247 cm³/mol. The van der Waals surface area contributed by atoms with E-state index in [0.29, 0.717) is 30.1 Å². The third-order valence-electron chi connectivity index (χ3n) is 20.7. The lowest BCUT2D eigenvalue weighted by molar-refractivity contribution is -0.251. The van der Waals surface area contributed by atoms with Crippen molar-refractivity contribution in [1.29, 1.82) is 0 Å². The molecule has 0 radical (unpaired) electrons. The highest BCUT2D eigenvalue weighted by atomic mass is 16.5. The number of rotatable bonds is 11. The van der Waals surface area contributed by atoms with Crippen molar-refractivity contribution in [3.63, 3.8) is 0 Å². The molecule has 1 amide bonds. The lowest BCUT2D eigenvalue weighted by Gasteiger charge is -2.73. The number of carbonyl (C=O) groups is 3. The van der Waals surface area contributed by atoms with Crippen LogP contribution in [0.3, 0.4) is 0 Å². The number of fused-ring (bicyclic) bond motifs is 7. The number of amides is 1. The van der Waals surface area contributed by atoms with Crippen molar-refractivity contribution in [3.8, 4) is 11.3 Å². The van der Waals surface area contributed by atoms with Gasteiger partial charge in [0.05, 0.1) is 28.5 Å². The number of allylic oxidation sites excluding steroid dienone is 1. The lowest BCUT2D eigenvalue weighted by Crippen LogP contribution is -2.67. The maximum Gasteiger partial charge on any atom is 0.309 e. The van der Waals surface area contributed by atoms with Gasteiger partial charge in [0.1, 0.15) is 11.9 Å². The first kappa shape index (κ1) is 44.7. The fourth-order valence-electron chi connectivity index (χ4n) is 16.6. The van der Waals surface area contributed by atoms with Crippen LogP contribution in [-0.4, -0.2) is 64.1 Å². The molecule has 1 heterocycles. The summed E-state index contributed by atoms with van der Waals surface area (Å²) in [5, 5.41) is 13.5. The minimum absolute atomic E-state index is 0.0879. The third-order valence-corrected chi connectivity index (χ3v) is 20.7. The predicted octanol–water partition coefficient (Wildman–Crippen LogP) is 10.5. The van der Waals surface area contributed by atoms with Crippen LogP contribution in [-0.2, 0) is 31.2 Å². The van der Waals surface area contributed by atoms with E-state index in [1.807, 2.05) is 19.9 Å². The monoisotopic (exact) mass is 863 g/mol. The largest absolute Gasteiger partial charge is 0.481 e. The number of nitrogens with zero attached hydrogens (tertiary/aromatic N) is 3. The molecule has 0 unspecified atom stereocenters. The number of hydrogen-bond donors (Lipinski definition) is 2. The van der Waals surface area contributed by atoms with E-state index in [9.17, 15) is 14.7 Å². The standard InChI is InChI=1S/C54H78N4O5/c1-33(2)35-19-24-53(47(62)56-54(27-28-54)46-55-39(34-15-13-12-14-16-34)32-58(46)30-29-57(10)11)26-25-51(8)36(43(35)53)17-18-41-50(7)22-21-42(49(5,6)40(50)20-23-52(41,51)9)63-45(61)38-31-37(44(59)60)48(38,3)4/h12-16,32,35-38,40-43H,1,17-31H2,2-11H3,(H,56,62)(H,59,60)/t35-,36+,37-,38+,40-,41+,42-,43+,50-,51+,52+,53-/m0/s1. The molecule has 7 aliphatic carbocycles. The fraction of sp³-hybridized carbons (Fsp3) is 0.741. The number of esters is 1. The summed E-state index contributed by atoms with van der Waals surface area (Å²) in [5.74, 6) is 1.38. The maximum absolute atomic E-state index is 15.5. The van der Waals surface area contributed by atoms with E-state index in [0.717, 1.165) is 101 Å². The number of likely N-dealkylation sites (N-methyl/N-ethyl adjacent to an activating group) is 1. The van der Waals surface area contributed by atoms with Gasteiger partial charge in [0.2, 0.25) is 5.91 Å². The minimum atomic E-state index is -0.818. The lowest BCUT2D eigenvalue weighted by atomic mass is 9.32. The van der Waals surface area contributed by atoms with Crippen LogP contribution in [0.25, 0.3) is 11.3 Å². The number of nitrogens with one attached hydrogen (secondary N) is 1. The van der Waals surface area contributed by atoms with Crippen molar-refractivity contribution in [2.75, 3.05) is 20.6 Å². The van der Waals surface area contributed by atoms with Crippen molar-refractivity contribution >= 4 is 17.8 Å². The second kappa shape index (κ2) is 15.0. The van der Waals surface area contributed by atoms with Gasteiger partial charge in [-0.05, 0) is 156 Å². The smallest absolute Gasteiger partial charge is 0.309 e. The molecule has 9 rings (SSSR count). The highest BCUT2D eigenvalue weighted by Crippen LogP contribution is 2.78. The Balaban J connectivity index is 0.969. The fourth-order valence-corrected chi connectivity index (χ4v) is 16.6. The average Bonchev–Trinajstić information content (AvgIpc) is 3.66. The van der Waals surface area contributed by atoms with Crippen molar-refractivity contribution in [3.05, 3.63) is 54.5 Å². The average molecular weight is 863 g/mol. The zero-order valence-corrected chi connectivity index (χ0v) is 40.3. The Morgan fingerprint density at radius 1 is 0.841 bits per heavy atom. The molecule has 7 aliphatic rings. The third kappa shape index (κ3) is 6.59. The topological polar surface area (TPSA) is 114 Å². The van der Waals surface area contributed by atoms with Crippen molar-refractivity contribution in [2.24, 2.45) is 73.9 Å². The molecule has 1 aromatic carbocycles. The first-order valence-corrected chi connectivity index (χ1v) is 24.7. The van der Waals surface area contributed by atoms with Crippen LogP contribution in [0.5, 0.6) is 0 Å². The minimum Gasteiger partial charge on any atom is -0.481 e. The molecular formula is C54H78N4O5. The number of carbonyl (C=O) groups excluding carboxylic acids is 2. The molecule has 7 fully saturated rings. The van der Waals surface area contributed by atoms with Gasteiger partial charge in [-0.15, -0.1) is 0 Å². The summed E-state index contributed by atoms with van der Waals surface area (Å²) in [6, 6.07) is 10.4. The Kier molecular flexibility index (Phi) is 10.7. The van der Waals surface area contributed by atoms with Crippen molar-refractivity contribution in [2.45, 2.75) is 157 Å². The summed E-state index contributed by atoms with van der Waals surface area (Å²) < 4.78 is 8.80. The number of hydrogen-bond acceptors (Lipinski definition) is 6. The van der Waals surface area contributed by atoms with Gasteiger partial charge in [0.15, 0.2) is 0 Å². The van der Waals surface area contributed by atoms with E-state index in [4.69, 9.17) is 9.72 Å². The number of aromatic nitrogens is 2. The second-order valence-electron chi connectivity index (χ2n) is 24.5. The van der Waals surface area contributed by atoms with Gasteiger partial charge in [-0.2, -0.15) is 0 Å². The zero-order chi connectivity index (χ0) is 45.3. The summed E-state index contributed by atoms with van der Waals surface area (Å²) in [5.41, 5.74) is 1.99. The highest BCUT2D eigenvalue weighted by molar-refractivity contribution is 5.85. The number of carboxylic acids is 1. The molecule has 7 saturated carbocycles. The van der Waals surface area contributed by atoms with Crippen LogP contribution in [0.1, 0.15) is 145 Å². The Morgan fingerprint density at radius 3 is 2.19 bits per heavy atom. The van der Waals surface area contributed by atoms with Gasteiger partial charge in [-0.25, -0.2) is 4.98 Å². The molecular weight excluding hydrogens is 785 g/mol. The molecule has 344 valence electrons. The number of benzene rings is 1. The molecule has 12 atom stereocenters. The van der Waals surface area contributed by atoms with Gasteiger partial charge in [-0.1, -0.05) is 91.0 Å². The van der Waals surface area contributed by atoms with Crippen LogP contribution >= 0.6 is 0 Å². The normalized spacial score (nSPS) is 40.3. The number of carboxylic acid groups (broad SMARTS) is 1. The van der Waals surface area contributed by atoms with Crippen molar-refractivity contribution < 1.29 is 24.2 Å². The molecule has 2 N–H and O–H groups in total. The Hall–Kier alpha value is -3.46. The van der Waals surface area contributed by atoms with E-state index in [-0.39, 0.29) is 51.5 Å². The molecule has 9 nitrogen and oxygen atoms in total. The first-order chi connectivity index (χ1) is 29.6. The second-order valence-corrected chi connectivity index (χ2v) is 24.5. The van der Waals surface area contributed by atoms with E-state index in [1.54, 1.807) is 0 Å². The Morgan fingerprint density at radius 2 is 1.56 bits per heavy atom. The van der Waals surface area contributed by atoms with E-state index in [2.05, 4.69) is 107 Å². The maximum atomic E-state index is 15.5. The van der Waals surface area contributed by atoms with Gasteiger partial charge in [-0.3, -0.25) is 14.4 Å².